The predicted molar refractivity (Wildman–Crippen MR) is 132 cm³/mol. The van der Waals surface area contributed by atoms with Crippen molar-refractivity contribution < 1.29 is 22.5 Å². The molecule has 0 saturated heterocycles. The van der Waals surface area contributed by atoms with Gasteiger partial charge in [0.1, 0.15) is 15.9 Å². The van der Waals surface area contributed by atoms with Gasteiger partial charge in [-0.05, 0) is 117 Å². The molecule has 0 heterocycles. The molecule has 6 saturated carbocycles. The van der Waals surface area contributed by atoms with Crippen LogP contribution in [0.4, 0.5) is 0 Å². The summed E-state index contributed by atoms with van der Waals surface area (Å²) in [5.41, 5.74) is 0.876. The van der Waals surface area contributed by atoms with Crippen molar-refractivity contribution in [2.45, 2.75) is 119 Å². The smallest absolute Gasteiger partial charge is 0.317 e. The van der Waals surface area contributed by atoms with E-state index in [1.54, 1.807) is 12.1 Å². The molecule has 6 fully saturated rings. The van der Waals surface area contributed by atoms with Crippen molar-refractivity contribution in [2.24, 2.45) is 23.2 Å². The summed E-state index contributed by atoms with van der Waals surface area (Å²) < 4.78 is 44.2. The van der Waals surface area contributed by atoms with E-state index in [4.69, 9.17) is 4.74 Å². The first-order chi connectivity index (χ1) is 16.8. The van der Waals surface area contributed by atoms with Crippen molar-refractivity contribution in [3.63, 3.8) is 0 Å². The summed E-state index contributed by atoms with van der Waals surface area (Å²) in [7, 11) is -4.64. The number of ether oxygens (including phenoxy) is 1. The van der Waals surface area contributed by atoms with E-state index in [1.807, 2.05) is 0 Å². The Kier molecular flexibility index (Phi) is 6.28. The number of esters is 1. The molecule has 0 unspecified atom stereocenters. The number of carbonyl (C=O) groups excluding carboxylic acids is 1. The second-order valence-corrected chi connectivity index (χ2v) is 14.0. The Balaban J connectivity index is 1.39. The number of carbonyl (C=O) groups is 1. The summed E-state index contributed by atoms with van der Waals surface area (Å²) in [6.07, 6.45) is 16.6. The van der Waals surface area contributed by atoms with Crippen molar-refractivity contribution in [3.05, 3.63) is 23.3 Å². The van der Waals surface area contributed by atoms with Crippen LogP contribution in [0.2, 0.25) is 0 Å². The third-order valence-corrected chi connectivity index (χ3v) is 11.1. The highest BCUT2D eigenvalue weighted by atomic mass is 32.2. The molecule has 35 heavy (non-hydrogen) atoms. The van der Waals surface area contributed by atoms with Crippen molar-refractivity contribution in [3.8, 4) is 5.75 Å². The van der Waals surface area contributed by atoms with E-state index in [0.717, 1.165) is 83.5 Å². The molecule has 0 radical (unpaired) electrons. The summed E-state index contributed by atoms with van der Waals surface area (Å²) in [6, 6.07) is 3.51. The molecule has 0 aromatic heterocycles. The lowest BCUT2D eigenvalue weighted by Gasteiger charge is -2.55. The number of hydrogen-bond acceptors (Lipinski definition) is 5. The Labute approximate surface area is 210 Å². The summed E-state index contributed by atoms with van der Waals surface area (Å²) in [4.78, 5) is 13.7. The fourth-order valence-corrected chi connectivity index (χ4v) is 10.0. The minimum absolute atomic E-state index is 0.00547. The van der Waals surface area contributed by atoms with E-state index in [1.165, 1.54) is 19.3 Å². The van der Waals surface area contributed by atoms with E-state index in [-0.39, 0.29) is 28.1 Å². The van der Waals surface area contributed by atoms with Crippen LogP contribution in [0.25, 0.3) is 0 Å². The van der Waals surface area contributed by atoms with E-state index >= 15 is 0 Å². The van der Waals surface area contributed by atoms with E-state index in [9.17, 15) is 17.8 Å². The lowest BCUT2D eigenvalue weighted by atomic mass is 9.49. The Morgan fingerprint density at radius 2 is 1.20 bits per heavy atom. The Bertz CT molecular complexity index is 1000. The lowest BCUT2D eigenvalue weighted by Crippen LogP contribution is -2.51. The van der Waals surface area contributed by atoms with Gasteiger partial charge in [-0.1, -0.05) is 38.5 Å². The molecule has 7 rings (SSSR count). The molecule has 5 nitrogen and oxygen atoms in total. The van der Waals surface area contributed by atoms with Gasteiger partial charge in [-0.2, -0.15) is 0 Å². The summed E-state index contributed by atoms with van der Waals surface area (Å²) >= 11 is 0. The molecule has 6 heteroatoms. The molecular formula is C29H39O5S-. The van der Waals surface area contributed by atoms with Gasteiger partial charge in [-0.25, -0.2) is 8.42 Å². The van der Waals surface area contributed by atoms with Gasteiger partial charge in [0.2, 0.25) is 0 Å². The van der Waals surface area contributed by atoms with Gasteiger partial charge in [0.05, 0.1) is 10.3 Å². The van der Waals surface area contributed by atoms with Crippen LogP contribution < -0.4 is 4.74 Å². The van der Waals surface area contributed by atoms with E-state index < -0.39 is 10.1 Å². The minimum atomic E-state index is -4.64. The quantitative estimate of drug-likeness (QED) is 0.252. The topological polar surface area (TPSA) is 83.5 Å². The first-order valence-corrected chi connectivity index (χ1v) is 15.6. The molecule has 192 valence electrons. The van der Waals surface area contributed by atoms with Gasteiger partial charge in [-0.15, -0.1) is 0 Å². The van der Waals surface area contributed by atoms with Crippen molar-refractivity contribution in [1.82, 2.24) is 0 Å². The molecular weight excluding hydrogens is 460 g/mol. The molecule has 0 aliphatic heterocycles. The van der Waals surface area contributed by atoms with E-state index in [0.29, 0.717) is 34.6 Å². The van der Waals surface area contributed by atoms with Crippen molar-refractivity contribution >= 4 is 16.1 Å². The standard InChI is InChI=1S/C29H40O5S/c30-28(29-16-19-11-20(17-29)13-21(12-19)18-29)34-24-14-25(22-7-3-1-4-8-22)27(35(31,32)33)26(15-24)23-9-5-2-6-10-23/h14-15,19-23H,1-13,16-18H2,(H,31,32,33)/p-1. The largest absolute Gasteiger partial charge is 0.744 e. The predicted octanol–water partition coefficient (Wildman–Crippen LogP) is 6.81. The maximum Gasteiger partial charge on any atom is 0.317 e. The highest BCUT2D eigenvalue weighted by Gasteiger charge is 2.55. The maximum absolute atomic E-state index is 13.7. The molecule has 6 aliphatic carbocycles. The summed E-state index contributed by atoms with van der Waals surface area (Å²) in [5.74, 6) is 2.40. The van der Waals surface area contributed by atoms with Gasteiger partial charge in [0.15, 0.2) is 0 Å². The zero-order valence-corrected chi connectivity index (χ0v) is 21.6. The van der Waals surface area contributed by atoms with Gasteiger partial charge >= 0.3 is 5.97 Å². The van der Waals surface area contributed by atoms with E-state index in [2.05, 4.69) is 0 Å². The average Bonchev–Trinajstić information content (AvgIpc) is 2.83. The molecule has 1 aromatic rings. The normalized spacial score (nSPS) is 33.7. The first kappa shape index (κ1) is 24.0. The second kappa shape index (κ2) is 9.16. The summed E-state index contributed by atoms with van der Waals surface area (Å²) in [6.45, 7) is 0. The molecule has 4 bridgehead atoms. The highest BCUT2D eigenvalue weighted by Crippen LogP contribution is 2.60. The van der Waals surface area contributed by atoms with Crippen LogP contribution in [-0.2, 0) is 14.9 Å². The average molecular weight is 500 g/mol. The summed E-state index contributed by atoms with van der Waals surface area (Å²) in [5, 5.41) is 0. The number of benzene rings is 1. The second-order valence-electron chi connectivity index (χ2n) is 12.6. The Hall–Kier alpha value is -1.40. The fourth-order valence-electron chi connectivity index (χ4n) is 9.00. The van der Waals surface area contributed by atoms with Crippen LogP contribution in [0, 0.1) is 23.2 Å². The van der Waals surface area contributed by atoms with Gasteiger partial charge in [-0.3, -0.25) is 4.79 Å². The van der Waals surface area contributed by atoms with Gasteiger partial charge < -0.3 is 9.29 Å². The molecule has 0 N–H and O–H groups in total. The number of hydrogen-bond donors (Lipinski definition) is 0. The SMILES string of the molecule is O=C(Oc1cc(C2CCCCC2)c(S(=O)(=O)[O-])c(C2CCCCC2)c1)C12CC3CC(CC(C3)C1)C2. The third kappa shape index (κ3) is 4.58. The van der Waals surface area contributed by atoms with Crippen molar-refractivity contribution in [1.29, 1.82) is 0 Å². The first-order valence-electron chi connectivity index (χ1n) is 14.2. The minimum Gasteiger partial charge on any atom is -0.744 e. The molecule has 6 aliphatic rings. The van der Waals surface area contributed by atoms with Crippen LogP contribution in [0.1, 0.15) is 126 Å². The number of rotatable bonds is 5. The van der Waals surface area contributed by atoms with Crippen molar-refractivity contribution in [2.75, 3.05) is 0 Å². The Morgan fingerprint density at radius 3 is 1.60 bits per heavy atom. The van der Waals surface area contributed by atoms with Crippen LogP contribution >= 0.6 is 0 Å². The fraction of sp³-hybridized carbons (Fsp3) is 0.759. The molecule has 0 amide bonds. The monoisotopic (exact) mass is 499 g/mol. The van der Waals surface area contributed by atoms with Gasteiger partial charge in [0, 0.05) is 0 Å². The molecule has 0 spiro atoms. The maximum atomic E-state index is 13.7. The third-order valence-electron chi connectivity index (χ3n) is 10.1. The van der Waals surface area contributed by atoms with Crippen LogP contribution in [0.5, 0.6) is 5.75 Å². The van der Waals surface area contributed by atoms with Crippen LogP contribution in [0.3, 0.4) is 0 Å². The molecule has 0 atom stereocenters. The zero-order chi connectivity index (χ0) is 24.2. The molecule has 1 aromatic carbocycles. The lowest BCUT2D eigenvalue weighted by molar-refractivity contribution is -0.161. The van der Waals surface area contributed by atoms with Gasteiger partial charge in [0.25, 0.3) is 0 Å². The highest BCUT2D eigenvalue weighted by molar-refractivity contribution is 7.85. The van der Waals surface area contributed by atoms with Crippen LogP contribution in [-0.4, -0.2) is 18.9 Å². The Morgan fingerprint density at radius 1 is 0.771 bits per heavy atom. The van der Waals surface area contributed by atoms with Crippen LogP contribution in [0.15, 0.2) is 17.0 Å². The zero-order valence-electron chi connectivity index (χ0n) is 20.8.